The van der Waals surface area contributed by atoms with Crippen LogP contribution in [0.5, 0.6) is 11.5 Å². The largest absolute Gasteiger partial charge is 0.504 e. The molecule has 0 aromatic heterocycles. The summed E-state index contributed by atoms with van der Waals surface area (Å²) in [6, 6.07) is 4.51. The number of phenolic OH excluding ortho intramolecular Hbond substituents is 2. The van der Waals surface area contributed by atoms with E-state index in [9.17, 15) is 10.2 Å². The SMILES string of the molecule is C=C(C)CCC(CC12CC3C(C=C(C)C)C(Cc4ccc(O)c(O)c4)(C1=O)C(=O)C(CC=C(C)C)(C2=O)C3(C)C)C(=C)C. The minimum atomic E-state index is -1.48. The van der Waals surface area contributed by atoms with Gasteiger partial charge in [-0.1, -0.05) is 60.9 Å². The molecule has 6 unspecified atom stereocenters. The van der Waals surface area contributed by atoms with Crippen molar-refractivity contribution < 1.29 is 24.6 Å². The van der Waals surface area contributed by atoms with Crippen molar-refractivity contribution >= 4 is 17.3 Å². The molecule has 4 aliphatic rings. The molecular weight excluding hydrogens is 536 g/mol. The van der Waals surface area contributed by atoms with Gasteiger partial charge in [-0.25, -0.2) is 0 Å². The van der Waals surface area contributed by atoms with Crippen LogP contribution in [0.3, 0.4) is 0 Å². The number of benzene rings is 1. The van der Waals surface area contributed by atoms with Crippen LogP contribution in [0.4, 0.5) is 0 Å². The molecule has 4 bridgehead atoms. The zero-order valence-corrected chi connectivity index (χ0v) is 27.4. The van der Waals surface area contributed by atoms with Crippen LogP contribution in [0.2, 0.25) is 0 Å². The molecule has 4 saturated carbocycles. The highest BCUT2D eigenvalue weighted by atomic mass is 16.3. The first kappa shape index (κ1) is 32.7. The summed E-state index contributed by atoms with van der Waals surface area (Å²) in [5.74, 6) is -1.90. The molecule has 0 amide bonds. The number of allylic oxidation sites excluding steroid dienone is 6. The fourth-order valence-corrected chi connectivity index (χ4v) is 8.80. The smallest absolute Gasteiger partial charge is 0.161 e. The highest BCUT2D eigenvalue weighted by molar-refractivity contribution is 6.33. The van der Waals surface area contributed by atoms with Crippen molar-refractivity contribution in [2.24, 2.45) is 39.4 Å². The molecule has 1 aromatic rings. The monoisotopic (exact) mass is 586 g/mol. The lowest BCUT2D eigenvalue weighted by molar-refractivity contribution is -0.218. The van der Waals surface area contributed by atoms with Crippen LogP contribution >= 0.6 is 0 Å². The average Bonchev–Trinajstić information content (AvgIpc) is 2.89. The Labute approximate surface area is 257 Å². The fraction of sp³-hybridized carbons (Fsp3) is 0.553. The standard InChI is InChI=1S/C38H50O5/c1-22(2)11-13-27(25(7)8)20-36-21-29-28(17-24(5)6)37(32(36)41,19-26-12-14-30(39)31(40)18-26)34(43)38(33(36)42,35(29,9)10)16-15-23(3)4/h12,14-15,17-18,27-29,39-40H,1,7,11,13,16,19-21H2,2-6,8-10H3. The van der Waals surface area contributed by atoms with E-state index in [2.05, 4.69) is 33.1 Å². The van der Waals surface area contributed by atoms with Gasteiger partial charge in [0, 0.05) is 5.92 Å². The Kier molecular flexibility index (Phi) is 8.41. The molecule has 0 saturated heterocycles. The van der Waals surface area contributed by atoms with Crippen molar-refractivity contribution in [2.75, 3.05) is 0 Å². The number of Topliss-reactive ketones (excluding diaryl/α,β-unsaturated/α-hetero) is 3. The molecule has 4 aliphatic carbocycles. The van der Waals surface area contributed by atoms with E-state index < -0.39 is 27.6 Å². The maximum Gasteiger partial charge on any atom is 0.161 e. The number of aromatic hydroxyl groups is 2. The first-order valence-corrected chi connectivity index (χ1v) is 15.6. The summed E-state index contributed by atoms with van der Waals surface area (Å²) in [4.78, 5) is 45.9. The predicted octanol–water partition coefficient (Wildman–Crippen LogP) is 8.26. The number of hydrogen-bond acceptors (Lipinski definition) is 5. The fourth-order valence-electron chi connectivity index (χ4n) is 8.80. The van der Waals surface area contributed by atoms with Crippen LogP contribution in [0, 0.1) is 39.4 Å². The van der Waals surface area contributed by atoms with Crippen LogP contribution in [-0.4, -0.2) is 27.6 Å². The molecule has 2 N–H and O–H groups in total. The molecule has 0 radical (unpaired) electrons. The maximum atomic E-state index is 15.4. The van der Waals surface area contributed by atoms with E-state index in [1.807, 2.05) is 47.6 Å². The zero-order chi connectivity index (χ0) is 32.3. The second kappa shape index (κ2) is 11.1. The van der Waals surface area contributed by atoms with Crippen LogP contribution in [0.25, 0.3) is 0 Å². The Morgan fingerprint density at radius 1 is 0.953 bits per heavy atom. The molecule has 6 atom stereocenters. The Morgan fingerprint density at radius 2 is 1.60 bits per heavy atom. The van der Waals surface area contributed by atoms with Gasteiger partial charge in [-0.05, 0) is 115 Å². The van der Waals surface area contributed by atoms with E-state index in [0.29, 0.717) is 18.4 Å². The Morgan fingerprint density at radius 3 is 2.14 bits per heavy atom. The molecule has 5 heteroatoms. The van der Waals surface area contributed by atoms with E-state index in [0.717, 1.165) is 35.1 Å². The average molecular weight is 587 g/mol. The predicted molar refractivity (Wildman–Crippen MR) is 172 cm³/mol. The van der Waals surface area contributed by atoms with Gasteiger partial charge in [-0.15, -0.1) is 6.58 Å². The van der Waals surface area contributed by atoms with Gasteiger partial charge < -0.3 is 10.2 Å². The van der Waals surface area contributed by atoms with Crippen molar-refractivity contribution in [1.29, 1.82) is 0 Å². The third kappa shape index (κ3) is 4.78. The van der Waals surface area contributed by atoms with Gasteiger partial charge in [0.15, 0.2) is 28.8 Å². The lowest BCUT2D eigenvalue weighted by Gasteiger charge is -2.72. The maximum absolute atomic E-state index is 15.4. The molecule has 4 fully saturated rings. The summed E-state index contributed by atoms with van der Waals surface area (Å²) >= 11 is 0. The molecule has 5 rings (SSSR count). The Bertz CT molecular complexity index is 1450. The minimum absolute atomic E-state index is 0.0641. The van der Waals surface area contributed by atoms with Crippen molar-refractivity contribution in [3.63, 3.8) is 0 Å². The molecule has 1 aromatic carbocycles. The summed E-state index contributed by atoms with van der Waals surface area (Å²) in [5, 5.41) is 20.4. The van der Waals surface area contributed by atoms with Gasteiger partial charge in [0.05, 0.1) is 16.2 Å². The molecule has 43 heavy (non-hydrogen) atoms. The lowest BCUT2D eigenvalue weighted by Crippen LogP contribution is -2.82. The highest BCUT2D eigenvalue weighted by Gasteiger charge is 2.84. The van der Waals surface area contributed by atoms with Gasteiger partial charge in [0.1, 0.15) is 0 Å². The summed E-state index contributed by atoms with van der Waals surface area (Å²) in [7, 11) is 0. The number of hydrogen-bond donors (Lipinski definition) is 2. The second-order valence-electron chi connectivity index (χ2n) is 15.0. The molecule has 0 aliphatic heterocycles. The number of carbonyl (C=O) groups excluding carboxylic acids is 3. The normalized spacial score (nSPS) is 31.1. The summed E-state index contributed by atoms with van der Waals surface area (Å²) in [6.45, 7) is 24.3. The van der Waals surface area contributed by atoms with Crippen LogP contribution < -0.4 is 0 Å². The molecular formula is C38H50O5. The molecule has 0 heterocycles. The van der Waals surface area contributed by atoms with E-state index in [4.69, 9.17) is 0 Å². The Balaban J connectivity index is 2.05. The number of ketones is 3. The first-order valence-electron chi connectivity index (χ1n) is 15.6. The van der Waals surface area contributed by atoms with E-state index in [1.54, 1.807) is 6.07 Å². The van der Waals surface area contributed by atoms with Crippen LogP contribution in [-0.2, 0) is 20.8 Å². The van der Waals surface area contributed by atoms with Crippen molar-refractivity contribution in [1.82, 2.24) is 0 Å². The van der Waals surface area contributed by atoms with E-state index in [-0.39, 0.29) is 53.5 Å². The second-order valence-corrected chi connectivity index (χ2v) is 15.0. The zero-order valence-electron chi connectivity index (χ0n) is 27.4. The summed E-state index contributed by atoms with van der Waals surface area (Å²) in [5.41, 5.74) is -0.247. The van der Waals surface area contributed by atoms with Crippen molar-refractivity contribution in [2.45, 2.75) is 93.9 Å². The van der Waals surface area contributed by atoms with E-state index >= 15 is 14.4 Å². The van der Waals surface area contributed by atoms with Crippen molar-refractivity contribution in [3.8, 4) is 11.5 Å². The highest BCUT2D eigenvalue weighted by Crippen LogP contribution is 2.75. The third-order valence-corrected chi connectivity index (χ3v) is 11.1. The lowest BCUT2D eigenvalue weighted by atomic mass is 9.27. The van der Waals surface area contributed by atoms with Crippen LogP contribution in [0.15, 0.2) is 65.8 Å². The summed E-state index contributed by atoms with van der Waals surface area (Å²) < 4.78 is 0. The number of rotatable bonds is 11. The Hall–Kier alpha value is -3.21. The number of phenols is 2. The van der Waals surface area contributed by atoms with E-state index in [1.165, 1.54) is 12.1 Å². The molecule has 232 valence electrons. The first-order chi connectivity index (χ1) is 19.9. The van der Waals surface area contributed by atoms with Gasteiger partial charge in [0.2, 0.25) is 0 Å². The number of carbonyl (C=O) groups is 3. The van der Waals surface area contributed by atoms with Gasteiger partial charge in [-0.3, -0.25) is 14.4 Å². The minimum Gasteiger partial charge on any atom is -0.504 e. The van der Waals surface area contributed by atoms with Gasteiger partial charge >= 0.3 is 0 Å². The quantitative estimate of drug-likeness (QED) is 0.155. The van der Waals surface area contributed by atoms with Crippen molar-refractivity contribution in [3.05, 3.63) is 71.4 Å². The summed E-state index contributed by atoms with van der Waals surface area (Å²) in [6.07, 6.45) is 6.68. The molecule has 5 nitrogen and oxygen atoms in total. The topological polar surface area (TPSA) is 91.7 Å². The molecule has 0 spiro atoms. The van der Waals surface area contributed by atoms with Crippen LogP contribution in [0.1, 0.15) is 93.1 Å². The third-order valence-electron chi connectivity index (χ3n) is 11.1. The van der Waals surface area contributed by atoms with Gasteiger partial charge in [0.25, 0.3) is 0 Å². The van der Waals surface area contributed by atoms with Gasteiger partial charge in [-0.2, -0.15) is 0 Å².